The Hall–Kier alpha value is -3.13. The van der Waals surface area contributed by atoms with Gasteiger partial charge in [-0.3, -0.25) is 0 Å². The van der Waals surface area contributed by atoms with Gasteiger partial charge in [0.05, 0.1) is 23.9 Å². The molecule has 3 rings (SSSR count). The number of benzene rings is 1. The van der Waals surface area contributed by atoms with E-state index in [1.54, 1.807) is 31.3 Å². The van der Waals surface area contributed by atoms with E-state index in [0.717, 1.165) is 17.0 Å². The van der Waals surface area contributed by atoms with Gasteiger partial charge in [-0.15, -0.1) is 0 Å². The lowest BCUT2D eigenvalue weighted by Gasteiger charge is -2.07. The summed E-state index contributed by atoms with van der Waals surface area (Å²) in [6, 6.07) is 13.0. The number of fused-ring (bicyclic) bond motifs is 1. The quantitative estimate of drug-likeness (QED) is 0.696. The number of ether oxygens (including phenoxy) is 1. The number of esters is 1. The first-order valence-corrected chi connectivity index (χ1v) is 7.30. The fourth-order valence-electron chi connectivity index (χ4n) is 2.50. The second-order valence-corrected chi connectivity index (χ2v) is 5.12. The highest BCUT2D eigenvalue weighted by Crippen LogP contribution is 2.23. The van der Waals surface area contributed by atoms with Gasteiger partial charge in [0.2, 0.25) is 0 Å². The Morgan fingerprint density at radius 3 is 2.91 bits per heavy atom. The Morgan fingerprint density at radius 2 is 2.17 bits per heavy atom. The molecular weight excluding hydrogens is 290 g/mol. The molecule has 0 saturated heterocycles. The molecule has 5 heteroatoms. The lowest BCUT2D eigenvalue weighted by atomic mass is 10.1. The van der Waals surface area contributed by atoms with Gasteiger partial charge in [0.25, 0.3) is 0 Å². The zero-order chi connectivity index (χ0) is 16.4. The normalized spacial score (nSPS) is 10.5. The van der Waals surface area contributed by atoms with Gasteiger partial charge in [-0.2, -0.15) is 5.26 Å². The molecule has 0 aliphatic carbocycles. The lowest BCUT2D eigenvalue weighted by molar-refractivity contribution is 0.0528. The zero-order valence-corrected chi connectivity index (χ0v) is 12.9. The van der Waals surface area contributed by atoms with Crippen molar-refractivity contribution in [1.29, 1.82) is 5.26 Å². The van der Waals surface area contributed by atoms with Crippen LogP contribution in [0.5, 0.6) is 0 Å². The topological polar surface area (TPSA) is 67.4 Å². The van der Waals surface area contributed by atoms with Gasteiger partial charge in [-0.05, 0) is 38.1 Å². The fourth-order valence-corrected chi connectivity index (χ4v) is 2.50. The summed E-state index contributed by atoms with van der Waals surface area (Å²) in [6.45, 7) is 4.04. The maximum Gasteiger partial charge on any atom is 0.341 e. The zero-order valence-electron chi connectivity index (χ0n) is 12.9. The van der Waals surface area contributed by atoms with Crippen molar-refractivity contribution in [3.63, 3.8) is 0 Å². The van der Waals surface area contributed by atoms with Crippen LogP contribution in [0, 0.1) is 18.3 Å². The predicted molar refractivity (Wildman–Crippen MR) is 86.0 cm³/mol. The number of nitrogens with zero attached hydrogens (tertiary/aromatic N) is 3. The third-order valence-electron chi connectivity index (χ3n) is 3.59. The Kier molecular flexibility index (Phi) is 3.82. The number of carbonyl (C=O) groups excluding carboxylic acids is 1. The molecule has 0 amide bonds. The minimum atomic E-state index is -0.384. The van der Waals surface area contributed by atoms with Crippen molar-refractivity contribution >= 4 is 11.6 Å². The summed E-state index contributed by atoms with van der Waals surface area (Å²) >= 11 is 0. The molecule has 0 saturated carbocycles. The second kappa shape index (κ2) is 5.93. The first-order chi connectivity index (χ1) is 11.1. The smallest absolute Gasteiger partial charge is 0.341 e. The van der Waals surface area contributed by atoms with Crippen LogP contribution in [0.2, 0.25) is 0 Å². The maximum atomic E-state index is 12.1. The van der Waals surface area contributed by atoms with E-state index in [-0.39, 0.29) is 5.97 Å². The molecule has 0 aliphatic rings. The maximum absolute atomic E-state index is 12.1. The highest BCUT2D eigenvalue weighted by atomic mass is 16.5. The number of carbonyl (C=O) groups is 1. The van der Waals surface area contributed by atoms with Crippen molar-refractivity contribution in [3.8, 4) is 17.3 Å². The van der Waals surface area contributed by atoms with E-state index in [1.165, 1.54) is 0 Å². The van der Waals surface area contributed by atoms with E-state index in [0.29, 0.717) is 23.4 Å². The summed E-state index contributed by atoms with van der Waals surface area (Å²) in [5.41, 5.74) is 4.07. The largest absolute Gasteiger partial charge is 0.462 e. The predicted octanol–water partition coefficient (Wildman–Crippen LogP) is 3.36. The fraction of sp³-hybridized carbons (Fsp3) is 0.167. The molecule has 0 N–H and O–H groups in total. The molecule has 0 radical (unpaired) electrons. The molecule has 23 heavy (non-hydrogen) atoms. The summed E-state index contributed by atoms with van der Waals surface area (Å²) < 4.78 is 6.93. The lowest BCUT2D eigenvalue weighted by Crippen LogP contribution is -2.06. The molecule has 0 bridgehead atoms. The van der Waals surface area contributed by atoms with Gasteiger partial charge in [-0.25, -0.2) is 9.78 Å². The van der Waals surface area contributed by atoms with Crippen LogP contribution in [0.15, 0.2) is 42.6 Å². The van der Waals surface area contributed by atoms with Crippen LogP contribution in [-0.2, 0) is 4.74 Å². The van der Waals surface area contributed by atoms with E-state index in [4.69, 9.17) is 10.00 Å². The number of rotatable bonds is 3. The summed E-state index contributed by atoms with van der Waals surface area (Å²) in [5.74, 6) is -0.384. The van der Waals surface area contributed by atoms with Gasteiger partial charge in [0.15, 0.2) is 5.65 Å². The molecule has 0 atom stereocenters. The highest BCUT2D eigenvalue weighted by Gasteiger charge is 2.16. The summed E-state index contributed by atoms with van der Waals surface area (Å²) in [5, 5.41) is 9.04. The molecule has 1 aromatic carbocycles. The molecule has 2 aromatic heterocycles. The molecule has 3 aromatic rings. The summed E-state index contributed by atoms with van der Waals surface area (Å²) in [7, 11) is 0. The number of nitriles is 1. The van der Waals surface area contributed by atoms with Crippen molar-refractivity contribution in [2.75, 3.05) is 6.61 Å². The van der Waals surface area contributed by atoms with Crippen molar-refractivity contribution in [3.05, 3.63) is 59.4 Å². The van der Waals surface area contributed by atoms with Crippen LogP contribution in [0.3, 0.4) is 0 Å². The average Bonchev–Trinajstić information content (AvgIpc) is 2.99. The molecule has 5 nitrogen and oxygen atoms in total. The number of hydrogen-bond donors (Lipinski definition) is 0. The van der Waals surface area contributed by atoms with Crippen LogP contribution < -0.4 is 0 Å². The molecule has 2 heterocycles. The minimum absolute atomic E-state index is 0.319. The van der Waals surface area contributed by atoms with Crippen molar-refractivity contribution < 1.29 is 9.53 Å². The molecular formula is C18H15N3O2. The molecule has 0 aliphatic heterocycles. The van der Waals surface area contributed by atoms with Crippen molar-refractivity contribution in [2.45, 2.75) is 13.8 Å². The van der Waals surface area contributed by atoms with Crippen molar-refractivity contribution in [2.24, 2.45) is 0 Å². The summed E-state index contributed by atoms with van der Waals surface area (Å²) in [6.07, 6.45) is 1.80. The second-order valence-electron chi connectivity index (χ2n) is 5.12. The Bertz CT molecular complexity index is 935. The number of hydrogen-bond acceptors (Lipinski definition) is 4. The van der Waals surface area contributed by atoms with Crippen LogP contribution in [0.4, 0.5) is 0 Å². The van der Waals surface area contributed by atoms with Crippen molar-refractivity contribution in [1.82, 2.24) is 9.38 Å². The van der Waals surface area contributed by atoms with Gasteiger partial charge < -0.3 is 9.14 Å². The van der Waals surface area contributed by atoms with Crippen LogP contribution >= 0.6 is 0 Å². The van der Waals surface area contributed by atoms with Crippen LogP contribution in [-0.4, -0.2) is 22.0 Å². The van der Waals surface area contributed by atoms with Crippen LogP contribution in [0.1, 0.15) is 28.5 Å². The van der Waals surface area contributed by atoms with Gasteiger partial charge in [-0.1, -0.05) is 12.1 Å². The Labute approximate surface area is 133 Å². The molecule has 0 unspecified atom stereocenters. The third kappa shape index (κ3) is 2.67. The van der Waals surface area contributed by atoms with Gasteiger partial charge in [0.1, 0.15) is 5.56 Å². The Balaban J connectivity index is 2.17. The first kappa shape index (κ1) is 14.8. The number of aryl methyl sites for hydroxylation is 1. The minimum Gasteiger partial charge on any atom is -0.462 e. The Morgan fingerprint density at radius 1 is 1.35 bits per heavy atom. The monoisotopic (exact) mass is 305 g/mol. The van der Waals surface area contributed by atoms with E-state index in [2.05, 4.69) is 11.1 Å². The third-order valence-corrected chi connectivity index (χ3v) is 3.59. The van der Waals surface area contributed by atoms with Gasteiger partial charge in [0, 0.05) is 17.5 Å². The molecule has 0 fully saturated rings. The molecule has 0 spiro atoms. The van der Waals surface area contributed by atoms with Crippen LogP contribution in [0.25, 0.3) is 16.9 Å². The van der Waals surface area contributed by atoms with E-state index >= 15 is 0 Å². The highest BCUT2D eigenvalue weighted by molar-refractivity contribution is 5.96. The SMILES string of the molecule is CCOC(=O)c1ccn2c(C)cc(-c3cccc(C#N)c3)nc12. The standard InChI is InChI=1S/C18H15N3O2/c1-3-23-18(22)15-7-8-21-12(2)9-16(20-17(15)21)14-6-4-5-13(10-14)11-19/h4-10H,3H2,1-2H3. The van der Waals surface area contributed by atoms with E-state index in [1.807, 2.05) is 29.5 Å². The summed E-state index contributed by atoms with van der Waals surface area (Å²) in [4.78, 5) is 16.7. The first-order valence-electron chi connectivity index (χ1n) is 7.30. The van der Waals surface area contributed by atoms with E-state index < -0.39 is 0 Å². The van der Waals surface area contributed by atoms with Gasteiger partial charge >= 0.3 is 5.97 Å². The molecule has 114 valence electrons. The average molecular weight is 305 g/mol. The number of aromatic nitrogens is 2. The van der Waals surface area contributed by atoms with E-state index in [9.17, 15) is 4.79 Å².